The van der Waals surface area contributed by atoms with E-state index in [4.69, 9.17) is 9.84 Å². The number of hydrogen-bond acceptors (Lipinski definition) is 4. The molecule has 3 N–H and O–H groups in total. The van der Waals surface area contributed by atoms with Gasteiger partial charge < -0.3 is 20.5 Å². The molecule has 0 saturated heterocycles. The summed E-state index contributed by atoms with van der Waals surface area (Å²) in [5, 5.41) is 14.5. The summed E-state index contributed by atoms with van der Waals surface area (Å²) < 4.78 is 5.57. The van der Waals surface area contributed by atoms with Crippen LogP contribution in [0.25, 0.3) is 11.1 Å². The highest BCUT2D eigenvalue weighted by atomic mass is 16.5. The number of carboxylic acid groups (broad SMARTS) is 1. The van der Waals surface area contributed by atoms with Crippen LogP contribution in [0.1, 0.15) is 47.2 Å². The van der Waals surface area contributed by atoms with Gasteiger partial charge in [0.1, 0.15) is 6.61 Å². The van der Waals surface area contributed by atoms with E-state index >= 15 is 0 Å². The molecular weight excluding hydrogens is 432 g/mol. The molecule has 0 heterocycles. The summed E-state index contributed by atoms with van der Waals surface area (Å²) in [6.07, 6.45) is -0.000460. The van der Waals surface area contributed by atoms with Crippen molar-refractivity contribution in [3.8, 4) is 11.1 Å². The van der Waals surface area contributed by atoms with E-state index in [-0.39, 0.29) is 30.4 Å². The predicted molar refractivity (Wildman–Crippen MR) is 129 cm³/mol. The summed E-state index contributed by atoms with van der Waals surface area (Å²) in [4.78, 5) is 36.1. The molecule has 0 spiro atoms. The topological polar surface area (TPSA) is 105 Å². The van der Waals surface area contributed by atoms with Crippen LogP contribution < -0.4 is 10.6 Å². The summed E-state index contributed by atoms with van der Waals surface area (Å²) >= 11 is 0. The largest absolute Gasteiger partial charge is 0.478 e. The van der Waals surface area contributed by atoms with Gasteiger partial charge in [0, 0.05) is 24.1 Å². The van der Waals surface area contributed by atoms with Crippen LogP contribution >= 0.6 is 0 Å². The van der Waals surface area contributed by atoms with Crippen LogP contribution in [0.5, 0.6) is 0 Å². The van der Waals surface area contributed by atoms with Crippen molar-refractivity contribution in [1.29, 1.82) is 0 Å². The minimum atomic E-state index is -1.07. The SMILES string of the molecule is CC[C@H](CC(=O)Nc1cccc(C(=O)O)c1)NC(=O)OCC1c2ccccc2-c2ccccc21. The molecule has 174 valence electrons. The Labute approximate surface area is 197 Å². The zero-order chi connectivity index (χ0) is 24.1. The van der Waals surface area contributed by atoms with Gasteiger partial charge in [-0.25, -0.2) is 9.59 Å². The van der Waals surface area contributed by atoms with Crippen molar-refractivity contribution in [3.05, 3.63) is 89.5 Å². The van der Waals surface area contributed by atoms with Crippen LogP contribution in [0, 0.1) is 0 Å². The van der Waals surface area contributed by atoms with Crippen molar-refractivity contribution in [2.45, 2.75) is 31.7 Å². The monoisotopic (exact) mass is 458 g/mol. The van der Waals surface area contributed by atoms with E-state index in [9.17, 15) is 14.4 Å². The Balaban J connectivity index is 1.33. The summed E-state index contributed by atoms with van der Waals surface area (Å²) in [7, 11) is 0. The number of rotatable bonds is 8. The van der Waals surface area contributed by atoms with Gasteiger partial charge in [0.2, 0.25) is 5.91 Å². The Kier molecular flexibility index (Phi) is 6.92. The predicted octanol–water partition coefficient (Wildman–Crippen LogP) is 5.03. The molecule has 0 radical (unpaired) electrons. The summed E-state index contributed by atoms with van der Waals surface area (Å²) in [6.45, 7) is 2.07. The lowest BCUT2D eigenvalue weighted by Gasteiger charge is -2.19. The van der Waals surface area contributed by atoms with Crippen LogP contribution in [0.15, 0.2) is 72.8 Å². The molecule has 2 amide bonds. The number of carbonyl (C=O) groups excluding carboxylic acids is 2. The maximum atomic E-state index is 12.5. The van der Waals surface area contributed by atoms with Gasteiger partial charge >= 0.3 is 12.1 Å². The number of alkyl carbamates (subject to hydrolysis) is 1. The normalized spacial score (nSPS) is 12.9. The van der Waals surface area contributed by atoms with E-state index in [0.29, 0.717) is 12.1 Å². The first kappa shape index (κ1) is 23.0. The van der Waals surface area contributed by atoms with Crippen LogP contribution in [0.3, 0.4) is 0 Å². The standard InChI is InChI=1S/C27H26N2O5/c1-2-18(15-25(30)28-19-9-7-8-17(14-19)26(31)32)29-27(33)34-16-24-22-12-5-3-10-20(22)21-11-4-6-13-23(21)24/h3-14,18,24H,2,15-16H2,1H3,(H,28,30)(H,29,33)(H,31,32)/t18-/m1/s1. The number of amides is 2. The van der Waals surface area contributed by atoms with Gasteiger partial charge in [-0.3, -0.25) is 4.79 Å². The Morgan fingerprint density at radius 2 is 1.59 bits per heavy atom. The summed E-state index contributed by atoms with van der Waals surface area (Å²) in [6, 6.07) is 21.8. The van der Waals surface area contributed by atoms with Crippen molar-refractivity contribution in [2.24, 2.45) is 0 Å². The minimum absolute atomic E-state index is 0.0389. The molecule has 3 aromatic carbocycles. The Bertz CT molecular complexity index is 1180. The molecule has 7 heteroatoms. The molecule has 1 atom stereocenters. The van der Waals surface area contributed by atoms with E-state index in [1.54, 1.807) is 12.1 Å². The second-order valence-electron chi connectivity index (χ2n) is 8.21. The number of nitrogens with one attached hydrogen (secondary N) is 2. The molecule has 0 bridgehead atoms. The van der Waals surface area contributed by atoms with Gasteiger partial charge in [0.15, 0.2) is 0 Å². The molecule has 7 nitrogen and oxygen atoms in total. The molecule has 3 aromatic rings. The van der Waals surface area contributed by atoms with E-state index in [0.717, 1.165) is 22.3 Å². The van der Waals surface area contributed by atoms with Crippen LogP contribution in [0.4, 0.5) is 10.5 Å². The van der Waals surface area contributed by atoms with Gasteiger partial charge in [0.25, 0.3) is 0 Å². The van der Waals surface area contributed by atoms with Gasteiger partial charge in [-0.1, -0.05) is 61.5 Å². The first-order valence-corrected chi connectivity index (χ1v) is 11.2. The second kappa shape index (κ2) is 10.2. The van der Waals surface area contributed by atoms with E-state index < -0.39 is 18.1 Å². The number of carboxylic acids is 1. The van der Waals surface area contributed by atoms with Gasteiger partial charge in [-0.15, -0.1) is 0 Å². The molecule has 1 aliphatic rings. The fourth-order valence-electron chi connectivity index (χ4n) is 4.27. The molecule has 0 unspecified atom stereocenters. The third kappa shape index (κ3) is 5.09. The van der Waals surface area contributed by atoms with E-state index in [1.165, 1.54) is 12.1 Å². The fraction of sp³-hybridized carbons (Fsp3) is 0.222. The number of ether oxygens (including phenoxy) is 1. The number of aromatic carboxylic acids is 1. The maximum Gasteiger partial charge on any atom is 0.407 e. The van der Waals surface area contributed by atoms with Crippen molar-refractivity contribution in [2.75, 3.05) is 11.9 Å². The average Bonchev–Trinajstić information content (AvgIpc) is 3.16. The van der Waals surface area contributed by atoms with Crippen LogP contribution in [-0.2, 0) is 9.53 Å². The number of benzene rings is 3. The molecule has 0 fully saturated rings. The minimum Gasteiger partial charge on any atom is -0.478 e. The maximum absolute atomic E-state index is 12.5. The van der Waals surface area contributed by atoms with Gasteiger partial charge in [0.05, 0.1) is 5.56 Å². The lowest BCUT2D eigenvalue weighted by molar-refractivity contribution is -0.116. The number of hydrogen-bond donors (Lipinski definition) is 3. The van der Waals surface area contributed by atoms with Crippen molar-refractivity contribution in [1.82, 2.24) is 5.32 Å². The highest BCUT2D eigenvalue weighted by molar-refractivity contribution is 5.94. The lowest BCUT2D eigenvalue weighted by Crippen LogP contribution is -2.38. The Morgan fingerprint density at radius 1 is 0.941 bits per heavy atom. The first-order valence-electron chi connectivity index (χ1n) is 11.2. The molecule has 4 rings (SSSR count). The van der Waals surface area contributed by atoms with Gasteiger partial charge in [-0.05, 0) is 46.9 Å². The second-order valence-corrected chi connectivity index (χ2v) is 8.21. The first-order chi connectivity index (χ1) is 16.5. The third-order valence-electron chi connectivity index (χ3n) is 5.98. The quantitative estimate of drug-likeness (QED) is 0.439. The number of anilines is 1. The average molecular weight is 459 g/mol. The van der Waals surface area contributed by atoms with E-state index in [1.807, 2.05) is 31.2 Å². The Morgan fingerprint density at radius 3 is 2.21 bits per heavy atom. The molecular formula is C27H26N2O5. The molecule has 1 aliphatic carbocycles. The lowest BCUT2D eigenvalue weighted by atomic mass is 9.98. The van der Waals surface area contributed by atoms with Crippen molar-refractivity contribution >= 4 is 23.7 Å². The van der Waals surface area contributed by atoms with Gasteiger partial charge in [-0.2, -0.15) is 0 Å². The summed E-state index contributed by atoms with van der Waals surface area (Å²) in [5.41, 5.74) is 5.05. The molecule has 0 aromatic heterocycles. The third-order valence-corrected chi connectivity index (χ3v) is 5.98. The number of carbonyl (C=O) groups is 3. The van der Waals surface area contributed by atoms with Crippen LogP contribution in [-0.4, -0.2) is 35.7 Å². The molecule has 34 heavy (non-hydrogen) atoms. The molecule has 0 aliphatic heterocycles. The zero-order valence-corrected chi connectivity index (χ0v) is 18.8. The fourth-order valence-corrected chi connectivity index (χ4v) is 4.27. The highest BCUT2D eigenvalue weighted by Gasteiger charge is 2.29. The molecule has 0 saturated carbocycles. The summed E-state index contributed by atoms with van der Waals surface area (Å²) in [5.74, 6) is -1.43. The van der Waals surface area contributed by atoms with E-state index in [2.05, 4.69) is 34.9 Å². The highest BCUT2D eigenvalue weighted by Crippen LogP contribution is 2.44. The zero-order valence-electron chi connectivity index (χ0n) is 18.8. The number of fused-ring (bicyclic) bond motifs is 3. The van der Waals surface area contributed by atoms with Crippen molar-refractivity contribution < 1.29 is 24.2 Å². The Hall–Kier alpha value is -4.13. The van der Waals surface area contributed by atoms with Crippen molar-refractivity contribution in [3.63, 3.8) is 0 Å². The smallest absolute Gasteiger partial charge is 0.407 e. The van der Waals surface area contributed by atoms with Crippen LogP contribution in [0.2, 0.25) is 0 Å².